The van der Waals surface area contributed by atoms with Crippen molar-refractivity contribution in [1.82, 2.24) is 10.2 Å². The molecule has 4 heteroatoms. The van der Waals surface area contributed by atoms with Gasteiger partial charge in [0.05, 0.1) is 7.11 Å². The van der Waals surface area contributed by atoms with Gasteiger partial charge in [-0.15, -0.1) is 0 Å². The van der Waals surface area contributed by atoms with E-state index in [0.29, 0.717) is 18.3 Å². The molecule has 2 rings (SSSR count). The minimum Gasteiger partial charge on any atom is -0.508 e. The Balaban J connectivity index is 1.81. The lowest BCUT2D eigenvalue weighted by atomic mass is 10.0. The minimum atomic E-state index is 0.335. The zero-order valence-electron chi connectivity index (χ0n) is 12.6. The number of likely N-dealkylation sites (tertiary alicyclic amines) is 1. The lowest BCUT2D eigenvalue weighted by Crippen LogP contribution is -2.42. The van der Waals surface area contributed by atoms with E-state index in [0.717, 1.165) is 11.3 Å². The van der Waals surface area contributed by atoms with E-state index < -0.39 is 0 Å². The van der Waals surface area contributed by atoms with Crippen molar-refractivity contribution in [2.24, 2.45) is 0 Å². The van der Waals surface area contributed by atoms with Gasteiger partial charge in [-0.3, -0.25) is 0 Å². The molecule has 0 bridgehead atoms. The number of nitrogens with zero attached hydrogens (tertiary/aromatic N) is 1. The molecule has 0 saturated carbocycles. The average Bonchev–Trinajstić information content (AvgIpc) is 2.48. The van der Waals surface area contributed by atoms with E-state index in [4.69, 9.17) is 4.74 Å². The average molecular weight is 278 g/mol. The zero-order valence-corrected chi connectivity index (χ0v) is 12.6. The highest BCUT2D eigenvalue weighted by Gasteiger charge is 2.18. The van der Waals surface area contributed by atoms with Crippen LogP contribution in [0.5, 0.6) is 11.5 Å². The maximum absolute atomic E-state index is 9.87. The number of ether oxygens (including phenoxy) is 1. The highest BCUT2D eigenvalue weighted by atomic mass is 16.5. The van der Waals surface area contributed by atoms with Crippen LogP contribution in [-0.4, -0.2) is 42.8 Å². The smallest absolute Gasteiger partial charge is 0.120 e. The summed E-state index contributed by atoms with van der Waals surface area (Å²) in [4.78, 5) is 2.53. The van der Waals surface area contributed by atoms with Gasteiger partial charge in [-0.2, -0.15) is 0 Å². The first kappa shape index (κ1) is 15.1. The second-order valence-electron chi connectivity index (χ2n) is 5.49. The molecule has 20 heavy (non-hydrogen) atoms. The van der Waals surface area contributed by atoms with Gasteiger partial charge in [-0.1, -0.05) is 6.92 Å². The predicted molar refractivity (Wildman–Crippen MR) is 81.3 cm³/mol. The Hall–Kier alpha value is -1.26. The SMILES string of the molecule is CCCN1CCC(NCc2cc(OC)ccc2O)CC1. The van der Waals surface area contributed by atoms with E-state index in [1.165, 1.54) is 38.9 Å². The molecule has 0 spiro atoms. The summed E-state index contributed by atoms with van der Waals surface area (Å²) in [5.74, 6) is 1.12. The van der Waals surface area contributed by atoms with Gasteiger partial charge in [0.15, 0.2) is 0 Å². The number of methoxy groups -OCH3 is 1. The van der Waals surface area contributed by atoms with Gasteiger partial charge in [0, 0.05) is 18.2 Å². The van der Waals surface area contributed by atoms with Crippen LogP contribution in [-0.2, 0) is 6.54 Å². The minimum absolute atomic E-state index is 0.335. The standard InChI is InChI=1S/C16H26N2O2/c1-3-8-18-9-6-14(7-10-18)17-12-13-11-15(20-2)4-5-16(13)19/h4-5,11,14,17,19H,3,6-10,12H2,1-2H3. The molecule has 1 aliphatic rings. The summed E-state index contributed by atoms with van der Waals surface area (Å²) in [6.07, 6.45) is 3.60. The van der Waals surface area contributed by atoms with Crippen molar-refractivity contribution in [3.8, 4) is 11.5 Å². The third-order valence-electron chi connectivity index (χ3n) is 4.00. The molecule has 1 heterocycles. The van der Waals surface area contributed by atoms with Crippen LogP contribution in [0.1, 0.15) is 31.7 Å². The number of hydrogen-bond acceptors (Lipinski definition) is 4. The fourth-order valence-electron chi connectivity index (χ4n) is 2.76. The van der Waals surface area contributed by atoms with Crippen LogP contribution in [0.2, 0.25) is 0 Å². The molecule has 2 N–H and O–H groups in total. The first-order chi connectivity index (χ1) is 9.72. The molecule has 112 valence electrons. The monoisotopic (exact) mass is 278 g/mol. The second kappa shape index (κ2) is 7.50. The quantitative estimate of drug-likeness (QED) is 0.838. The molecule has 1 aromatic carbocycles. The molecule has 4 nitrogen and oxygen atoms in total. The topological polar surface area (TPSA) is 44.7 Å². The predicted octanol–water partition coefficient (Wildman–Crippen LogP) is 2.36. The number of phenols is 1. The Kier molecular flexibility index (Phi) is 5.68. The fourth-order valence-corrected chi connectivity index (χ4v) is 2.76. The van der Waals surface area contributed by atoms with Crippen LogP contribution < -0.4 is 10.1 Å². The summed E-state index contributed by atoms with van der Waals surface area (Å²) in [5.41, 5.74) is 0.903. The number of piperidine rings is 1. The van der Waals surface area contributed by atoms with Crippen molar-refractivity contribution in [3.05, 3.63) is 23.8 Å². The van der Waals surface area contributed by atoms with Gasteiger partial charge in [-0.05, 0) is 57.1 Å². The van der Waals surface area contributed by atoms with Crippen LogP contribution >= 0.6 is 0 Å². The summed E-state index contributed by atoms with van der Waals surface area (Å²) in [5, 5.41) is 13.4. The van der Waals surface area contributed by atoms with E-state index in [1.807, 2.05) is 6.07 Å². The van der Waals surface area contributed by atoms with E-state index >= 15 is 0 Å². The van der Waals surface area contributed by atoms with Crippen molar-refractivity contribution < 1.29 is 9.84 Å². The summed E-state index contributed by atoms with van der Waals surface area (Å²) in [6.45, 7) is 6.49. The molecule has 0 aromatic heterocycles. The molecular weight excluding hydrogens is 252 g/mol. The number of nitrogens with one attached hydrogen (secondary N) is 1. The molecular formula is C16H26N2O2. The van der Waals surface area contributed by atoms with Crippen molar-refractivity contribution in [3.63, 3.8) is 0 Å². The molecule has 0 unspecified atom stereocenters. The molecule has 0 amide bonds. The maximum atomic E-state index is 9.87. The summed E-state index contributed by atoms with van der Waals surface area (Å²) in [7, 11) is 1.65. The first-order valence-electron chi connectivity index (χ1n) is 7.54. The highest BCUT2D eigenvalue weighted by Crippen LogP contribution is 2.23. The molecule has 1 aromatic rings. The second-order valence-corrected chi connectivity index (χ2v) is 5.49. The summed E-state index contributed by atoms with van der Waals surface area (Å²) >= 11 is 0. The van der Waals surface area contributed by atoms with E-state index in [-0.39, 0.29) is 0 Å². The van der Waals surface area contributed by atoms with Gasteiger partial charge in [-0.25, -0.2) is 0 Å². The van der Waals surface area contributed by atoms with Crippen molar-refractivity contribution in [1.29, 1.82) is 0 Å². The Bertz CT molecular complexity index is 415. The van der Waals surface area contributed by atoms with Gasteiger partial charge in [0.1, 0.15) is 11.5 Å². The van der Waals surface area contributed by atoms with Gasteiger partial charge < -0.3 is 20.1 Å². The first-order valence-corrected chi connectivity index (χ1v) is 7.54. The van der Waals surface area contributed by atoms with Gasteiger partial charge >= 0.3 is 0 Å². The molecule has 0 aliphatic carbocycles. The Morgan fingerprint density at radius 2 is 2.10 bits per heavy atom. The molecule has 0 atom stereocenters. The molecule has 0 radical (unpaired) electrons. The van der Waals surface area contributed by atoms with Crippen LogP contribution in [0.25, 0.3) is 0 Å². The van der Waals surface area contributed by atoms with Crippen molar-refractivity contribution in [2.75, 3.05) is 26.7 Å². The third kappa shape index (κ3) is 4.12. The van der Waals surface area contributed by atoms with Crippen molar-refractivity contribution in [2.45, 2.75) is 38.8 Å². The Morgan fingerprint density at radius 1 is 1.35 bits per heavy atom. The highest BCUT2D eigenvalue weighted by molar-refractivity contribution is 5.39. The number of phenolic OH excluding ortho intramolecular Hbond substituents is 1. The lowest BCUT2D eigenvalue weighted by molar-refractivity contribution is 0.197. The van der Waals surface area contributed by atoms with E-state index in [9.17, 15) is 5.11 Å². The van der Waals surface area contributed by atoms with Crippen LogP contribution in [0.15, 0.2) is 18.2 Å². The third-order valence-corrected chi connectivity index (χ3v) is 4.00. The van der Waals surface area contributed by atoms with Gasteiger partial charge in [0.25, 0.3) is 0 Å². The maximum Gasteiger partial charge on any atom is 0.120 e. The van der Waals surface area contributed by atoms with Crippen molar-refractivity contribution >= 4 is 0 Å². The van der Waals surface area contributed by atoms with Crippen LogP contribution in [0.3, 0.4) is 0 Å². The zero-order chi connectivity index (χ0) is 14.4. The summed E-state index contributed by atoms with van der Waals surface area (Å²) < 4.78 is 5.20. The van der Waals surface area contributed by atoms with Crippen LogP contribution in [0, 0.1) is 0 Å². The lowest BCUT2D eigenvalue weighted by Gasteiger charge is -2.32. The Morgan fingerprint density at radius 3 is 2.75 bits per heavy atom. The fraction of sp³-hybridized carbons (Fsp3) is 0.625. The number of hydrogen-bond donors (Lipinski definition) is 2. The normalized spacial score (nSPS) is 17.3. The molecule has 1 aliphatic heterocycles. The largest absolute Gasteiger partial charge is 0.508 e. The van der Waals surface area contributed by atoms with E-state index in [1.54, 1.807) is 19.2 Å². The van der Waals surface area contributed by atoms with Crippen LogP contribution in [0.4, 0.5) is 0 Å². The number of benzene rings is 1. The number of rotatable bonds is 6. The Labute approximate surface area is 121 Å². The molecule has 1 fully saturated rings. The van der Waals surface area contributed by atoms with Gasteiger partial charge in [0.2, 0.25) is 0 Å². The molecule has 1 saturated heterocycles. The van der Waals surface area contributed by atoms with E-state index in [2.05, 4.69) is 17.1 Å². The summed E-state index contributed by atoms with van der Waals surface area (Å²) in [6, 6.07) is 5.92. The number of aromatic hydroxyl groups is 1.